The molecule has 5 aliphatic carbocycles. The second-order valence-electron chi connectivity index (χ2n) is 9.29. The number of ketones is 2. The van der Waals surface area contributed by atoms with Gasteiger partial charge in [0.25, 0.3) is 0 Å². The molecule has 0 heterocycles. The molecule has 7 atom stereocenters. The second-order valence-corrected chi connectivity index (χ2v) is 9.29. The molecule has 5 aliphatic rings. The summed E-state index contributed by atoms with van der Waals surface area (Å²) >= 11 is 0. The van der Waals surface area contributed by atoms with Crippen LogP contribution in [0.3, 0.4) is 0 Å². The third-order valence-electron chi connectivity index (χ3n) is 8.57. The molecule has 0 saturated heterocycles. The summed E-state index contributed by atoms with van der Waals surface area (Å²) in [5.74, 6) is 3.46. The Labute approximate surface area is 138 Å². The number of carbonyl (C=O) groups excluding carboxylic acids is 2. The van der Waals surface area contributed by atoms with Crippen LogP contribution in [0.4, 0.5) is 0 Å². The van der Waals surface area contributed by atoms with Crippen molar-refractivity contribution in [2.75, 3.05) is 0 Å². The van der Waals surface area contributed by atoms with E-state index < -0.39 is 0 Å². The minimum atomic E-state index is -0.0769. The summed E-state index contributed by atoms with van der Waals surface area (Å²) in [6, 6.07) is 0. The fraction of sp³-hybridized carbons (Fsp3) is 0.714. The molecule has 0 aromatic carbocycles. The molecular weight excluding hydrogens is 284 g/mol. The molecule has 4 saturated carbocycles. The lowest BCUT2D eigenvalue weighted by molar-refractivity contribution is -0.132. The summed E-state index contributed by atoms with van der Waals surface area (Å²) in [4.78, 5) is 24.7. The van der Waals surface area contributed by atoms with Crippen LogP contribution in [0.15, 0.2) is 23.8 Å². The summed E-state index contributed by atoms with van der Waals surface area (Å²) in [7, 11) is 0. The minimum Gasteiger partial charge on any atom is -0.299 e. The van der Waals surface area contributed by atoms with E-state index >= 15 is 0 Å². The normalized spacial score (nSPS) is 53.9. The van der Waals surface area contributed by atoms with Crippen LogP contribution in [0.2, 0.25) is 0 Å². The maximum Gasteiger partial charge on any atom is 0.159 e. The second kappa shape index (κ2) is 4.07. The van der Waals surface area contributed by atoms with Gasteiger partial charge in [0.1, 0.15) is 5.78 Å². The summed E-state index contributed by atoms with van der Waals surface area (Å²) in [6.07, 6.45) is 8.09. The zero-order valence-corrected chi connectivity index (χ0v) is 14.2. The van der Waals surface area contributed by atoms with Gasteiger partial charge in [0.15, 0.2) is 5.78 Å². The van der Waals surface area contributed by atoms with E-state index in [0.29, 0.717) is 35.2 Å². The third kappa shape index (κ3) is 1.51. The molecule has 2 heteroatoms. The first-order chi connectivity index (χ1) is 10.9. The number of carbonyl (C=O) groups is 2. The molecule has 1 unspecified atom stereocenters. The van der Waals surface area contributed by atoms with Crippen LogP contribution in [0.25, 0.3) is 0 Å². The average molecular weight is 310 g/mol. The molecule has 0 amide bonds. The Morgan fingerprint density at radius 3 is 2.70 bits per heavy atom. The lowest BCUT2D eigenvalue weighted by Gasteiger charge is -2.57. The largest absolute Gasteiger partial charge is 0.299 e. The van der Waals surface area contributed by atoms with Gasteiger partial charge < -0.3 is 0 Å². The van der Waals surface area contributed by atoms with Gasteiger partial charge in [-0.2, -0.15) is 0 Å². The van der Waals surface area contributed by atoms with E-state index in [9.17, 15) is 9.59 Å². The highest BCUT2D eigenvalue weighted by Gasteiger charge is 2.66. The van der Waals surface area contributed by atoms with Gasteiger partial charge in [-0.1, -0.05) is 26.0 Å². The summed E-state index contributed by atoms with van der Waals surface area (Å²) in [6.45, 7) is 9.01. The number of Topliss-reactive ketones (excluding diaryl/α,β-unsaturated/α-hetero) is 1. The Kier molecular flexibility index (Phi) is 2.51. The van der Waals surface area contributed by atoms with E-state index in [4.69, 9.17) is 0 Å². The summed E-state index contributed by atoms with van der Waals surface area (Å²) in [5, 5.41) is 0. The maximum absolute atomic E-state index is 12.5. The molecule has 0 aliphatic heterocycles. The molecule has 122 valence electrons. The minimum absolute atomic E-state index is 0.0769. The van der Waals surface area contributed by atoms with E-state index in [-0.39, 0.29) is 16.7 Å². The number of hydrogen-bond acceptors (Lipinski definition) is 2. The van der Waals surface area contributed by atoms with Gasteiger partial charge >= 0.3 is 0 Å². The highest BCUT2D eigenvalue weighted by Crippen LogP contribution is 2.71. The van der Waals surface area contributed by atoms with Crippen molar-refractivity contribution in [1.82, 2.24) is 0 Å². The molecule has 2 nitrogen and oxygen atoms in total. The topological polar surface area (TPSA) is 34.1 Å². The maximum atomic E-state index is 12.5. The number of rotatable bonds is 0. The number of hydrogen-bond donors (Lipinski definition) is 0. The van der Waals surface area contributed by atoms with Gasteiger partial charge in [-0.05, 0) is 72.8 Å². The molecule has 0 aromatic rings. The van der Waals surface area contributed by atoms with Crippen molar-refractivity contribution in [3.63, 3.8) is 0 Å². The van der Waals surface area contributed by atoms with Crippen molar-refractivity contribution >= 4 is 11.6 Å². The number of allylic oxidation sites excluding steroid dienone is 2. The fourth-order valence-corrected chi connectivity index (χ4v) is 7.22. The van der Waals surface area contributed by atoms with E-state index in [1.165, 1.54) is 11.1 Å². The van der Waals surface area contributed by atoms with Gasteiger partial charge in [0, 0.05) is 17.8 Å². The zero-order chi connectivity index (χ0) is 16.1. The SMILES string of the molecule is C=C1C[C@H]2[C@@H]3CCC(=O)[C@@]3(C)CC[C@@H]2[C@]2(C)C1=CC(=O)[C@H]1CC12. The van der Waals surface area contributed by atoms with Crippen LogP contribution >= 0.6 is 0 Å². The molecule has 23 heavy (non-hydrogen) atoms. The first-order valence-corrected chi connectivity index (χ1v) is 9.35. The molecule has 4 fully saturated rings. The van der Waals surface area contributed by atoms with Crippen LogP contribution in [-0.2, 0) is 9.59 Å². The highest BCUT2D eigenvalue weighted by molar-refractivity contribution is 5.97. The van der Waals surface area contributed by atoms with Crippen LogP contribution < -0.4 is 0 Å². The molecule has 0 bridgehead atoms. The van der Waals surface area contributed by atoms with Gasteiger partial charge in [-0.25, -0.2) is 0 Å². The number of fused-ring (bicyclic) bond motifs is 7. The van der Waals surface area contributed by atoms with E-state index in [1.807, 2.05) is 6.08 Å². The van der Waals surface area contributed by atoms with Gasteiger partial charge in [0.05, 0.1) is 0 Å². The Morgan fingerprint density at radius 2 is 1.91 bits per heavy atom. The van der Waals surface area contributed by atoms with Crippen LogP contribution in [0, 0.1) is 40.4 Å². The fourth-order valence-electron chi connectivity index (χ4n) is 7.22. The Hall–Kier alpha value is -1.18. The Morgan fingerprint density at radius 1 is 1.13 bits per heavy atom. The average Bonchev–Trinajstić information content (AvgIpc) is 3.26. The predicted octanol–water partition coefficient (Wildman–Crippen LogP) is 4.11. The van der Waals surface area contributed by atoms with Crippen LogP contribution in [0.5, 0.6) is 0 Å². The Balaban J connectivity index is 1.60. The third-order valence-corrected chi connectivity index (χ3v) is 8.57. The van der Waals surface area contributed by atoms with Crippen molar-refractivity contribution in [2.24, 2.45) is 40.4 Å². The van der Waals surface area contributed by atoms with Gasteiger partial charge in [0.2, 0.25) is 0 Å². The van der Waals surface area contributed by atoms with Crippen molar-refractivity contribution in [3.05, 3.63) is 23.8 Å². The van der Waals surface area contributed by atoms with E-state index in [1.54, 1.807) is 0 Å². The molecule has 0 spiro atoms. The van der Waals surface area contributed by atoms with E-state index in [2.05, 4.69) is 20.4 Å². The van der Waals surface area contributed by atoms with Crippen molar-refractivity contribution in [1.29, 1.82) is 0 Å². The predicted molar refractivity (Wildman–Crippen MR) is 88.6 cm³/mol. The van der Waals surface area contributed by atoms with Crippen molar-refractivity contribution < 1.29 is 9.59 Å². The zero-order valence-electron chi connectivity index (χ0n) is 14.2. The summed E-state index contributed by atoms with van der Waals surface area (Å²) in [5.41, 5.74) is 2.53. The molecule has 0 N–H and O–H groups in total. The van der Waals surface area contributed by atoms with Crippen molar-refractivity contribution in [2.45, 2.75) is 52.4 Å². The van der Waals surface area contributed by atoms with E-state index in [0.717, 1.165) is 38.5 Å². The highest BCUT2D eigenvalue weighted by atomic mass is 16.1. The monoisotopic (exact) mass is 310 g/mol. The van der Waals surface area contributed by atoms with Crippen LogP contribution in [0.1, 0.15) is 52.4 Å². The lowest BCUT2D eigenvalue weighted by Crippen LogP contribution is -2.52. The standard InChI is InChI=1S/C21H26O2/c1-11-8-12-14-4-5-19(23)20(14,2)7-6-15(12)21(3)16(11)10-18(22)13-9-17(13)21/h10,12-15,17H,1,4-9H2,2-3H3/t12-,13-,14-,15-,17?,20-,21+/m0/s1. The smallest absolute Gasteiger partial charge is 0.159 e. The molecule has 0 radical (unpaired) electrons. The summed E-state index contributed by atoms with van der Waals surface area (Å²) < 4.78 is 0. The molecular formula is C21H26O2. The lowest BCUT2D eigenvalue weighted by atomic mass is 9.46. The first-order valence-electron chi connectivity index (χ1n) is 9.35. The van der Waals surface area contributed by atoms with Crippen LogP contribution in [-0.4, -0.2) is 11.6 Å². The van der Waals surface area contributed by atoms with Crippen molar-refractivity contribution in [3.8, 4) is 0 Å². The van der Waals surface area contributed by atoms with Gasteiger partial charge in [-0.3, -0.25) is 9.59 Å². The molecule has 5 rings (SSSR count). The van der Waals surface area contributed by atoms with Gasteiger partial charge in [-0.15, -0.1) is 0 Å². The Bertz CT molecular complexity index is 686. The first kappa shape index (κ1) is 14.2. The quantitative estimate of drug-likeness (QED) is 0.675. The molecule has 0 aromatic heterocycles.